The van der Waals surface area contributed by atoms with Crippen molar-refractivity contribution in [3.8, 4) is 0 Å². The largest absolute Gasteiger partial charge is 0.480 e. The third-order valence-corrected chi connectivity index (χ3v) is 2.53. The molecule has 0 radical (unpaired) electrons. The van der Waals surface area contributed by atoms with Gasteiger partial charge in [0.15, 0.2) is 0 Å². The molecule has 0 fully saturated rings. The summed E-state index contributed by atoms with van der Waals surface area (Å²) < 4.78 is 4.82. The number of nitrogens with one attached hydrogen (secondary N) is 2. The molecule has 0 spiro atoms. The van der Waals surface area contributed by atoms with E-state index in [0.29, 0.717) is 5.69 Å². The maximum atomic E-state index is 11.8. The Bertz CT molecular complexity index is 558. The molecule has 0 aliphatic heterocycles. The van der Waals surface area contributed by atoms with E-state index in [4.69, 9.17) is 9.84 Å². The molecule has 0 unspecified atom stereocenters. The molecule has 6 heteroatoms. The van der Waals surface area contributed by atoms with Crippen LogP contribution in [0.25, 0.3) is 10.9 Å². The third kappa shape index (κ3) is 3.56. The number of carbonyl (C=O) groups excluding carboxylic acids is 1. The second kappa shape index (κ2) is 6.01. The van der Waals surface area contributed by atoms with Crippen LogP contribution in [-0.4, -0.2) is 41.7 Å². The van der Waals surface area contributed by atoms with Crippen LogP contribution in [0.15, 0.2) is 30.3 Å². The molecule has 2 rings (SSSR count). The predicted octanol–water partition coefficient (Wildman–Crippen LogP) is 0.999. The molecule has 3 N–H and O–H groups in total. The SMILES string of the molecule is O=C(O)COCCNC(=O)c1cc2ccccc2[nH]1. The number of hydrogen-bond donors (Lipinski definition) is 3. The number of carboxylic acids is 1. The fraction of sp³-hybridized carbons (Fsp3) is 0.231. The molecule has 0 atom stereocenters. The monoisotopic (exact) mass is 262 g/mol. The number of benzene rings is 1. The summed E-state index contributed by atoms with van der Waals surface area (Å²) in [4.78, 5) is 25.0. The Morgan fingerprint density at radius 3 is 2.84 bits per heavy atom. The number of ether oxygens (including phenoxy) is 1. The minimum absolute atomic E-state index is 0.165. The highest BCUT2D eigenvalue weighted by Gasteiger charge is 2.08. The van der Waals surface area contributed by atoms with Crippen molar-refractivity contribution in [2.24, 2.45) is 0 Å². The molecule has 100 valence electrons. The van der Waals surface area contributed by atoms with E-state index in [1.165, 1.54) is 0 Å². The Morgan fingerprint density at radius 1 is 1.32 bits per heavy atom. The third-order valence-electron chi connectivity index (χ3n) is 2.53. The summed E-state index contributed by atoms with van der Waals surface area (Å²) in [7, 11) is 0. The van der Waals surface area contributed by atoms with Crippen LogP contribution < -0.4 is 5.32 Å². The van der Waals surface area contributed by atoms with Gasteiger partial charge in [-0.1, -0.05) is 18.2 Å². The van der Waals surface area contributed by atoms with E-state index in [0.717, 1.165) is 10.9 Å². The zero-order chi connectivity index (χ0) is 13.7. The Labute approximate surface area is 109 Å². The van der Waals surface area contributed by atoms with Gasteiger partial charge in [0, 0.05) is 17.4 Å². The van der Waals surface area contributed by atoms with E-state index >= 15 is 0 Å². The number of aliphatic carboxylic acids is 1. The number of amides is 1. The number of fused-ring (bicyclic) bond motifs is 1. The van der Waals surface area contributed by atoms with Crippen LogP contribution in [0.4, 0.5) is 0 Å². The predicted molar refractivity (Wildman–Crippen MR) is 69.1 cm³/mol. The lowest BCUT2D eigenvalue weighted by atomic mass is 10.2. The van der Waals surface area contributed by atoms with E-state index in [9.17, 15) is 9.59 Å². The summed E-state index contributed by atoms with van der Waals surface area (Å²) in [6.07, 6.45) is 0. The Morgan fingerprint density at radius 2 is 2.11 bits per heavy atom. The molecule has 0 bridgehead atoms. The van der Waals surface area contributed by atoms with Crippen LogP contribution in [-0.2, 0) is 9.53 Å². The van der Waals surface area contributed by atoms with Gasteiger partial charge in [0.1, 0.15) is 12.3 Å². The van der Waals surface area contributed by atoms with Crippen molar-refractivity contribution in [2.45, 2.75) is 0 Å². The lowest BCUT2D eigenvalue weighted by Gasteiger charge is -2.03. The van der Waals surface area contributed by atoms with Crippen molar-refractivity contribution < 1.29 is 19.4 Å². The number of aromatic nitrogens is 1. The quantitative estimate of drug-likeness (QED) is 0.677. The summed E-state index contributed by atoms with van der Waals surface area (Å²) in [6, 6.07) is 9.36. The number of para-hydroxylation sites is 1. The maximum absolute atomic E-state index is 11.8. The normalized spacial score (nSPS) is 10.5. The minimum atomic E-state index is -1.03. The van der Waals surface area contributed by atoms with Crippen molar-refractivity contribution in [3.05, 3.63) is 36.0 Å². The van der Waals surface area contributed by atoms with Crippen molar-refractivity contribution >= 4 is 22.8 Å². The van der Waals surface area contributed by atoms with Crippen molar-refractivity contribution in [1.29, 1.82) is 0 Å². The van der Waals surface area contributed by atoms with Crippen LogP contribution in [0.1, 0.15) is 10.5 Å². The second-order valence-electron chi connectivity index (χ2n) is 3.97. The molecule has 1 heterocycles. The first-order valence-electron chi connectivity index (χ1n) is 5.82. The van der Waals surface area contributed by atoms with Gasteiger partial charge < -0.3 is 20.1 Å². The summed E-state index contributed by atoms with van der Waals surface area (Å²) >= 11 is 0. The average Bonchev–Trinajstić information content (AvgIpc) is 2.81. The number of carbonyl (C=O) groups is 2. The molecule has 6 nitrogen and oxygen atoms in total. The average molecular weight is 262 g/mol. The molecule has 0 aliphatic rings. The van der Waals surface area contributed by atoms with Gasteiger partial charge in [-0.25, -0.2) is 4.79 Å². The highest BCUT2D eigenvalue weighted by atomic mass is 16.5. The molecule has 1 amide bonds. The van der Waals surface area contributed by atoms with Gasteiger partial charge in [0.2, 0.25) is 0 Å². The van der Waals surface area contributed by atoms with Crippen LogP contribution in [0.2, 0.25) is 0 Å². The summed E-state index contributed by atoms with van der Waals surface area (Å²) in [6.45, 7) is 0.0714. The summed E-state index contributed by atoms with van der Waals surface area (Å²) in [5.74, 6) is -1.27. The number of H-pyrrole nitrogens is 1. The number of rotatable bonds is 6. The van der Waals surface area contributed by atoms with Crippen LogP contribution >= 0.6 is 0 Å². The van der Waals surface area contributed by atoms with Gasteiger partial charge in [0.25, 0.3) is 5.91 Å². The van der Waals surface area contributed by atoms with Crippen molar-refractivity contribution in [1.82, 2.24) is 10.3 Å². The molecule has 2 aromatic rings. The number of hydrogen-bond acceptors (Lipinski definition) is 3. The van der Waals surface area contributed by atoms with Crippen molar-refractivity contribution in [2.75, 3.05) is 19.8 Å². The molecule has 0 aliphatic carbocycles. The van der Waals surface area contributed by atoms with Gasteiger partial charge >= 0.3 is 5.97 Å². The molecule has 1 aromatic heterocycles. The lowest BCUT2D eigenvalue weighted by Crippen LogP contribution is -2.28. The van der Waals surface area contributed by atoms with Gasteiger partial charge in [0.05, 0.1) is 6.61 Å². The standard InChI is InChI=1S/C13H14N2O4/c16-12(17)8-19-6-5-14-13(18)11-7-9-3-1-2-4-10(9)15-11/h1-4,7,15H,5-6,8H2,(H,14,18)(H,16,17). The fourth-order valence-corrected chi connectivity index (χ4v) is 1.69. The van der Waals surface area contributed by atoms with E-state index in [2.05, 4.69) is 10.3 Å². The van der Waals surface area contributed by atoms with Crippen molar-refractivity contribution in [3.63, 3.8) is 0 Å². The Balaban J connectivity index is 1.84. The van der Waals surface area contributed by atoms with E-state index < -0.39 is 5.97 Å². The Hall–Kier alpha value is -2.34. The van der Waals surface area contributed by atoms with Gasteiger partial charge in [-0.05, 0) is 12.1 Å². The summed E-state index contributed by atoms with van der Waals surface area (Å²) in [5.41, 5.74) is 1.37. The maximum Gasteiger partial charge on any atom is 0.329 e. The van der Waals surface area contributed by atoms with Gasteiger partial charge in [-0.2, -0.15) is 0 Å². The lowest BCUT2D eigenvalue weighted by molar-refractivity contribution is -0.142. The first-order valence-corrected chi connectivity index (χ1v) is 5.82. The zero-order valence-corrected chi connectivity index (χ0v) is 10.2. The molecule has 0 saturated carbocycles. The van der Waals surface area contributed by atoms with E-state index in [-0.39, 0.29) is 25.7 Å². The van der Waals surface area contributed by atoms with Gasteiger partial charge in [-0.3, -0.25) is 4.79 Å². The smallest absolute Gasteiger partial charge is 0.329 e. The molecular formula is C13H14N2O4. The zero-order valence-electron chi connectivity index (χ0n) is 10.2. The fourth-order valence-electron chi connectivity index (χ4n) is 1.69. The van der Waals surface area contributed by atoms with E-state index in [1.54, 1.807) is 6.07 Å². The van der Waals surface area contributed by atoms with Crippen LogP contribution in [0.3, 0.4) is 0 Å². The second-order valence-corrected chi connectivity index (χ2v) is 3.97. The molecule has 1 aromatic carbocycles. The molecule has 0 saturated heterocycles. The van der Waals surface area contributed by atoms with Crippen LogP contribution in [0, 0.1) is 0 Å². The first-order chi connectivity index (χ1) is 9.16. The van der Waals surface area contributed by atoms with E-state index in [1.807, 2.05) is 24.3 Å². The number of aromatic amines is 1. The number of carboxylic acid groups (broad SMARTS) is 1. The topological polar surface area (TPSA) is 91.4 Å². The highest BCUT2D eigenvalue weighted by Crippen LogP contribution is 2.14. The Kier molecular flexibility index (Phi) is 4.15. The molecule has 19 heavy (non-hydrogen) atoms. The van der Waals surface area contributed by atoms with Gasteiger partial charge in [-0.15, -0.1) is 0 Å². The first kappa shape index (κ1) is 13.1. The minimum Gasteiger partial charge on any atom is -0.480 e. The highest BCUT2D eigenvalue weighted by molar-refractivity contribution is 5.97. The molecular weight excluding hydrogens is 248 g/mol. The summed E-state index contributed by atoms with van der Waals surface area (Å²) in [5, 5.41) is 12.0. The van der Waals surface area contributed by atoms with Crippen LogP contribution in [0.5, 0.6) is 0 Å².